The molecule has 0 aliphatic carbocycles. The van der Waals surface area contributed by atoms with Crippen LogP contribution < -0.4 is 10.6 Å². The highest BCUT2D eigenvalue weighted by molar-refractivity contribution is 7.12. The van der Waals surface area contributed by atoms with Crippen molar-refractivity contribution in [2.45, 2.75) is 12.6 Å². The first-order valence-electron chi connectivity index (χ1n) is 8.46. The number of methoxy groups -OCH3 is 1. The zero-order valence-electron chi connectivity index (χ0n) is 15.2. The standard InChI is InChI=1S/C18H17F3N4O3S/c1-28-5-4-16(26)24-14-8-25-7-11(2-3-15(25)23-14)12-6-13(29-9-12)17(27)22-10-18(19,20)21/h2-3,6-9H,4-5,10H2,1H3,(H,22,27)(H,24,26). The molecule has 0 radical (unpaired) electrons. The molecule has 29 heavy (non-hydrogen) atoms. The second-order valence-corrected chi connectivity index (χ2v) is 7.01. The van der Waals surface area contributed by atoms with Crippen LogP contribution in [0.2, 0.25) is 0 Å². The number of ether oxygens (including phenoxy) is 1. The smallest absolute Gasteiger partial charge is 0.384 e. The van der Waals surface area contributed by atoms with E-state index >= 15 is 0 Å². The minimum absolute atomic E-state index is 0.182. The molecular formula is C18H17F3N4O3S. The van der Waals surface area contributed by atoms with E-state index in [4.69, 9.17) is 4.74 Å². The molecule has 7 nitrogen and oxygen atoms in total. The third-order valence-corrected chi connectivity index (χ3v) is 4.79. The maximum absolute atomic E-state index is 12.2. The number of thiophene rings is 1. The fourth-order valence-electron chi connectivity index (χ4n) is 2.50. The van der Waals surface area contributed by atoms with Crippen molar-refractivity contribution in [3.8, 4) is 11.1 Å². The molecule has 0 fully saturated rings. The number of anilines is 1. The Morgan fingerprint density at radius 2 is 2.03 bits per heavy atom. The molecule has 11 heteroatoms. The Kier molecular flexibility index (Phi) is 6.18. The van der Waals surface area contributed by atoms with Crippen LogP contribution in [0.4, 0.5) is 19.0 Å². The van der Waals surface area contributed by atoms with Crippen molar-refractivity contribution in [3.63, 3.8) is 0 Å². The molecule has 0 spiro atoms. The van der Waals surface area contributed by atoms with E-state index in [0.29, 0.717) is 23.6 Å². The molecule has 0 unspecified atom stereocenters. The number of pyridine rings is 1. The second-order valence-electron chi connectivity index (χ2n) is 6.10. The number of carbonyl (C=O) groups is 2. The summed E-state index contributed by atoms with van der Waals surface area (Å²) in [4.78, 5) is 28.1. The van der Waals surface area contributed by atoms with E-state index in [9.17, 15) is 22.8 Å². The predicted octanol–water partition coefficient (Wildman–Crippen LogP) is 3.33. The van der Waals surface area contributed by atoms with Gasteiger partial charge in [0.05, 0.1) is 24.1 Å². The van der Waals surface area contributed by atoms with Gasteiger partial charge in [-0.15, -0.1) is 11.3 Å². The molecular weight excluding hydrogens is 409 g/mol. The van der Waals surface area contributed by atoms with Crippen molar-refractivity contribution in [3.05, 3.63) is 40.8 Å². The summed E-state index contributed by atoms with van der Waals surface area (Å²) in [5, 5.41) is 6.22. The molecule has 3 heterocycles. The van der Waals surface area contributed by atoms with Gasteiger partial charge in [-0.2, -0.15) is 13.2 Å². The van der Waals surface area contributed by atoms with Crippen molar-refractivity contribution < 1.29 is 27.5 Å². The number of amides is 2. The number of alkyl halides is 3. The van der Waals surface area contributed by atoms with E-state index in [1.807, 2.05) is 5.32 Å². The SMILES string of the molecule is COCCC(=O)Nc1cn2cc(-c3csc(C(=O)NCC(F)(F)F)c3)ccc2n1. The highest BCUT2D eigenvalue weighted by atomic mass is 32.1. The van der Waals surface area contributed by atoms with Gasteiger partial charge < -0.3 is 19.8 Å². The van der Waals surface area contributed by atoms with E-state index < -0.39 is 18.6 Å². The number of fused-ring (bicyclic) bond motifs is 1. The van der Waals surface area contributed by atoms with Crippen LogP contribution in [0.25, 0.3) is 16.8 Å². The number of aromatic nitrogens is 2. The summed E-state index contributed by atoms with van der Waals surface area (Å²) in [6.07, 6.45) is -0.845. The van der Waals surface area contributed by atoms with Crippen molar-refractivity contribution in [1.29, 1.82) is 0 Å². The number of hydrogen-bond acceptors (Lipinski definition) is 5. The zero-order valence-corrected chi connectivity index (χ0v) is 16.1. The van der Waals surface area contributed by atoms with Gasteiger partial charge in [-0.25, -0.2) is 4.98 Å². The summed E-state index contributed by atoms with van der Waals surface area (Å²) < 4.78 is 43.3. The van der Waals surface area contributed by atoms with Crippen molar-refractivity contribution >= 4 is 34.6 Å². The van der Waals surface area contributed by atoms with Crippen LogP contribution in [0, 0.1) is 0 Å². The molecule has 0 aliphatic heterocycles. The van der Waals surface area contributed by atoms with Gasteiger partial charge in [-0.05, 0) is 34.7 Å². The number of nitrogens with one attached hydrogen (secondary N) is 2. The summed E-state index contributed by atoms with van der Waals surface area (Å²) in [6, 6.07) is 5.04. The summed E-state index contributed by atoms with van der Waals surface area (Å²) in [7, 11) is 1.51. The Balaban J connectivity index is 1.73. The Morgan fingerprint density at radius 3 is 2.76 bits per heavy atom. The van der Waals surface area contributed by atoms with Gasteiger partial charge in [0.25, 0.3) is 5.91 Å². The maximum atomic E-state index is 12.2. The molecule has 0 aromatic carbocycles. The van der Waals surface area contributed by atoms with Gasteiger partial charge >= 0.3 is 6.18 Å². The largest absolute Gasteiger partial charge is 0.405 e. The van der Waals surface area contributed by atoms with Crippen molar-refractivity contribution in [2.75, 3.05) is 25.6 Å². The van der Waals surface area contributed by atoms with Crippen LogP contribution in [-0.4, -0.2) is 47.6 Å². The first kappa shape index (κ1) is 20.8. The number of halogens is 3. The highest BCUT2D eigenvalue weighted by Gasteiger charge is 2.28. The molecule has 154 valence electrons. The molecule has 0 bridgehead atoms. The average Bonchev–Trinajstić information content (AvgIpc) is 3.29. The van der Waals surface area contributed by atoms with Crippen LogP contribution in [-0.2, 0) is 9.53 Å². The van der Waals surface area contributed by atoms with E-state index in [1.165, 1.54) is 13.2 Å². The van der Waals surface area contributed by atoms with E-state index in [2.05, 4.69) is 10.3 Å². The summed E-state index contributed by atoms with van der Waals surface area (Å²) in [5.41, 5.74) is 2.04. The predicted molar refractivity (Wildman–Crippen MR) is 102 cm³/mol. The third kappa shape index (κ3) is 5.55. The third-order valence-electron chi connectivity index (χ3n) is 3.86. The molecule has 0 atom stereocenters. The number of carbonyl (C=O) groups excluding carboxylic acids is 2. The summed E-state index contributed by atoms with van der Waals surface area (Å²) in [6.45, 7) is -1.07. The Hall–Kier alpha value is -2.92. The van der Waals surface area contributed by atoms with Crippen LogP contribution in [0.5, 0.6) is 0 Å². The number of hydrogen-bond donors (Lipinski definition) is 2. The molecule has 2 N–H and O–H groups in total. The van der Waals surface area contributed by atoms with Gasteiger partial charge in [0.15, 0.2) is 5.82 Å². The first-order valence-corrected chi connectivity index (χ1v) is 9.34. The lowest BCUT2D eigenvalue weighted by Crippen LogP contribution is -2.33. The van der Waals surface area contributed by atoms with Gasteiger partial charge in [-0.3, -0.25) is 9.59 Å². The molecule has 3 aromatic rings. The van der Waals surface area contributed by atoms with Crippen LogP contribution >= 0.6 is 11.3 Å². The normalized spacial score (nSPS) is 11.6. The summed E-state index contributed by atoms with van der Waals surface area (Å²) in [5.74, 6) is -0.605. The monoisotopic (exact) mass is 426 g/mol. The second kappa shape index (κ2) is 8.62. The molecule has 3 rings (SSSR count). The molecule has 3 aromatic heterocycles. The fraction of sp³-hybridized carbons (Fsp3) is 0.278. The van der Waals surface area contributed by atoms with Gasteiger partial charge in [0.1, 0.15) is 12.2 Å². The average molecular weight is 426 g/mol. The number of imidazole rings is 1. The van der Waals surface area contributed by atoms with Crippen LogP contribution in [0.15, 0.2) is 36.0 Å². The lowest BCUT2D eigenvalue weighted by Gasteiger charge is -2.06. The van der Waals surface area contributed by atoms with E-state index in [1.54, 1.807) is 34.3 Å². The first-order chi connectivity index (χ1) is 13.7. The van der Waals surface area contributed by atoms with Gasteiger partial charge in [-0.1, -0.05) is 0 Å². The Bertz CT molecular complexity index is 1030. The lowest BCUT2D eigenvalue weighted by molar-refractivity contribution is -0.123. The summed E-state index contributed by atoms with van der Waals surface area (Å²) >= 11 is 1.06. The fourth-order valence-corrected chi connectivity index (χ4v) is 3.33. The minimum atomic E-state index is -4.46. The van der Waals surface area contributed by atoms with Crippen LogP contribution in [0.1, 0.15) is 16.1 Å². The molecule has 0 saturated carbocycles. The lowest BCUT2D eigenvalue weighted by atomic mass is 10.1. The maximum Gasteiger partial charge on any atom is 0.405 e. The quantitative estimate of drug-likeness (QED) is 0.607. The molecule has 0 aliphatic rings. The van der Waals surface area contributed by atoms with Crippen LogP contribution in [0.3, 0.4) is 0 Å². The molecule has 2 amide bonds. The molecule has 0 saturated heterocycles. The van der Waals surface area contributed by atoms with E-state index in [-0.39, 0.29) is 17.2 Å². The Morgan fingerprint density at radius 1 is 1.24 bits per heavy atom. The number of nitrogens with zero attached hydrogens (tertiary/aromatic N) is 2. The van der Waals surface area contributed by atoms with E-state index in [0.717, 1.165) is 16.9 Å². The van der Waals surface area contributed by atoms with Crippen molar-refractivity contribution in [1.82, 2.24) is 14.7 Å². The van der Waals surface area contributed by atoms with Crippen molar-refractivity contribution in [2.24, 2.45) is 0 Å². The topological polar surface area (TPSA) is 84.7 Å². The van der Waals surface area contributed by atoms with Gasteiger partial charge in [0.2, 0.25) is 5.91 Å². The Labute approximate surface area is 167 Å². The minimum Gasteiger partial charge on any atom is -0.384 e. The van der Waals surface area contributed by atoms with Gasteiger partial charge in [0, 0.05) is 13.3 Å². The number of rotatable bonds is 7. The zero-order chi connectivity index (χ0) is 21.0. The highest BCUT2D eigenvalue weighted by Crippen LogP contribution is 2.27.